The highest BCUT2D eigenvalue weighted by Gasteiger charge is 2.31. The van der Waals surface area contributed by atoms with Gasteiger partial charge < -0.3 is 23.8 Å². The van der Waals surface area contributed by atoms with Crippen LogP contribution in [0.2, 0.25) is 0 Å². The summed E-state index contributed by atoms with van der Waals surface area (Å²) in [6, 6.07) is 10.6. The number of thiazole rings is 1. The van der Waals surface area contributed by atoms with Crippen molar-refractivity contribution < 1.29 is 27.4 Å². The van der Waals surface area contributed by atoms with Gasteiger partial charge in [-0.25, -0.2) is 13.4 Å². The van der Waals surface area contributed by atoms with Crippen LogP contribution in [0.5, 0.6) is 23.0 Å². The summed E-state index contributed by atoms with van der Waals surface area (Å²) in [5.41, 5.74) is 2.03. The van der Waals surface area contributed by atoms with Gasteiger partial charge in [-0.2, -0.15) is 4.31 Å². The number of methoxy groups -OCH3 is 4. The molecule has 0 amide bonds. The molecule has 0 aliphatic carbocycles. The molecule has 1 saturated heterocycles. The Labute approximate surface area is 209 Å². The zero-order valence-corrected chi connectivity index (χ0v) is 21.8. The summed E-state index contributed by atoms with van der Waals surface area (Å²) in [7, 11) is 2.52. The van der Waals surface area contributed by atoms with Gasteiger partial charge in [-0.1, -0.05) is 6.07 Å². The van der Waals surface area contributed by atoms with Gasteiger partial charge in [0.15, 0.2) is 16.6 Å². The summed E-state index contributed by atoms with van der Waals surface area (Å²) in [4.78, 5) is 7.05. The lowest BCUT2D eigenvalue weighted by atomic mass is 10.1. The number of sulfonamides is 1. The first-order valence-corrected chi connectivity index (χ1v) is 13.3. The number of ether oxygens (including phenoxy) is 4. The van der Waals surface area contributed by atoms with Crippen LogP contribution in [0.3, 0.4) is 0 Å². The predicted molar refractivity (Wildman–Crippen MR) is 135 cm³/mol. The highest BCUT2D eigenvalue weighted by Crippen LogP contribution is 2.32. The van der Waals surface area contributed by atoms with E-state index in [9.17, 15) is 8.42 Å². The molecule has 2 aromatic carbocycles. The summed E-state index contributed by atoms with van der Waals surface area (Å²) in [6.45, 7) is 1.84. The van der Waals surface area contributed by atoms with Gasteiger partial charge in [0.1, 0.15) is 16.4 Å². The van der Waals surface area contributed by atoms with Gasteiger partial charge in [-0.3, -0.25) is 0 Å². The Morgan fingerprint density at radius 1 is 0.857 bits per heavy atom. The van der Waals surface area contributed by atoms with E-state index in [1.807, 2.05) is 23.6 Å². The van der Waals surface area contributed by atoms with Crippen LogP contribution in [0.25, 0.3) is 0 Å². The molecule has 9 nitrogen and oxygen atoms in total. The van der Waals surface area contributed by atoms with Gasteiger partial charge in [0.2, 0.25) is 10.0 Å². The van der Waals surface area contributed by atoms with E-state index in [-0.39, 0.29) is 10.6 Å². The van der Waals surface area contributed by atoms with Gasteiger partial charge in [0, 0.05) is 44.0 Å². The van der Waals surface area contributed by atoms with Crippen molar-refractivity contribution in [2.45, 2.75) is 11.3 Å². The van der Waals surface area contributed by atoms with E-state index in [2.05, 4.69) is 4.90 Å². The third kappa shape index (κ3) is 5.31. The second-order valence-corrected chi connectivity index (χ2v) is 10.6. The molecule has 35 heavy (non-hydrogen) atoms. The van der Waals surface area contributed by atoms with E-state index in [0.717, 1.165) is 16.4 Å². The van der Waals surface area contributed by atoms with Crippen LogP contribution < -0.4 is 23.8 Å². The fourth-order valence-corrected chi connectivity index (χ4v) is 6.41. The molecule has 188 valence electrons. The molecule has 1 aliphatic rings. The van der Waals surface area contributed by atoms with Crippen LogP contribution >= 0.6 is 11.3 Å². The highest BCUT2D eigenvalue weighted by atomic mass is 32.2. The second kappa shape index (κ2) is 10.7. The van der Waals surface area contributed by atoms with Crippen molar-refractivity contribution in [3.63, 3.8) is 0 Å². The summed E-state index contributed by atoms with van der Waals surface area (Å²) in [6.07, 6.45) is 0.669. The lowest BCUT2D eigenvalue weighted by molar-refractivity contribution is 0.354. The predicted octanol–water partition coefficient (Wildman–Crippen LogP) is 3.28. The van der Waals surface area contributed by atoms with E-state index < -0.39 is 10.0 Å². The van der Waals surface area contributed by atoms with Crippen molar-refractivity contribution in [3.8, 4) is 23.0 Å². The third-order valence-corrected chi connectivity index (χ3v) is 8.76. The molecule has 0 radical (unpaired) electrons. The molecule has 0 bridgehead atoms. The van der Waals surface area contributed by atoms with Crippen molar-refractivity contribution in [1.82, 2.24) is 9.29 Å². The molecule has 0 spiro atoms. The van der Waals surface area contributed by atoms with Gasteiger partial charge in [0.05, 0.1) is 34.1 Å². The highest BCUT2D eigenvalue weighted by molar-refractivity contribution is 7.89. The van der Waals surface area contributed by atoms with Crippen LogP contribution in [0.15, 0.2) is 46.7 Å². The number of nitrogens with zero attached hydrogens (tertiary/aromatic N) is 3. The molecule has 0 unspecified atom stereocenters. The first-order valence-electron chi connectivity index (χ1n) is 11.0. The number of benzene rings is 2. The number of piperazine rings is 1. The van der Waals surface area contributed by atoms with Crippen molar-refractivity contribution in [2.75, 3.05) is 59.5 Å². The third-order valence-electron chi connectivity index (χ3n) is 5.87. The minimum atomic E-state index is -3.70. The molecule has 0 N–H and O–H groups in total. The van der Waals surface area contributed by atoms with Crippen molar-refractivity contribution in [3.05, 3.63) is 53.0 Å². The molecule has 2 heterocycles. The SMILES string of the molecule is COc1ccc(S(=O)(=O)N2CCN(c3nc(Cc4ccc(OC)c(OC)c4)cs3)CC2)c(OC)c1. The smallest absolute Gasteiger partial charge is 0.246 e. The average molecular weight is 520 g/mol. The zero-order valence-electron chi connectivity index (χ0n) is 20.2. The molecule has 0 atom stereocenters. The zero-order chi connectivity index (χ0) is 25.0. The number of anilines is 1. The van der Waals surface area contributed by atoms with Gasteiger partial charge in [-0.15, -0.1) is 11.3 Å². The lowest BCUT2D eigenvalue weighted by Gasteiger charge is -2.34. The van der Waals surface area contributed by atoms with Gasteiger partial charge >= 0.3 is 0 Å². The quantitative estimate of drug-likeness (QED) is 0.426. The van der Waals surface area contributed by atoms with Crippen LogP contribution in [0, 0.1) is 0 Å². The van der Waals surface area contributed by atoms with E-state index in [4.69, 9.17) is 23.9 Å². The van der Waals surface area contributed by atoms with E-state index >= 15 is 0 Å². The van der Waals surface area contributed by atoms with E-state index in [1.165, 1.54) is 24.6 Å². The van der Waals surface area contributed by atoms with E-state index in [1.54, 1.807) is 37.7 Å². The normalized spacial score (nSPS) is 14.6. The summed E-state index contributed by atoms with van der Waals surface area (Å²) in [5.74, 6) is 2.19. The summed E-state index contributed by atoms with van der Waals surface area (Å²) < 4.78 is 49.2. The Kier molecular flexibility index (Phi) is 7.68. The minimum absolute atomic E-state index is 0.140. The largest absolute Gasteiger partial charge is 0.497 e. The second-order valence-electron chi connectivity index (χ2n) is 7.90. The average Bonchev–Trinajstić information content (AvgIpc) is 3.36. The number of rotatable bonds is 9. The molecule has 1 aliphatic heterocycles. The Balaban J connectivity index is 1.42. The number of hydrogen-bond donors (Lipinski definition) is 0. The minimum Gasteiger partial charge on any atom is -0.497 e. The Hall–Kier alpha value is -3.02. The standard InChI is InChI=1S/C24H29N3O6S2/c1-30-19-6-8-23(22(15-19)33-4)35(28,29)27-11-9-26(10-12-27)24-25-18(16-34-24)13-17-5-7-20(31-2)21(14-17)32-3/h5-8,14-16H,9-13H2,1-4H3. The van der Waals surface area contributed by atoms with Gasteiger partial charge in [0.25, 0.3) is 0 Å². The molecular weight excluding hydrogens is 490 g/mol. The fourth-order valence-electron chi connectivity index (χ4n) is 3.97. The molecule has 11 heteroatoms. The van der Waals surface area contributed by atoms with Crippen LogP contribution in [0.1, 0.15) is 11.3 Å². The van der Waals surface area contributed by atoms with Crippen LogP contribution in [-0.4, -0.2) is 72.3 Å². The molecule has 0 saturated carbocycles. The van der Waals surface area contributed by atoms with Crippen LogP contribution in [-0.2, 0) is 16.4 Å². The summed E-state index contributed by atoms with van der Waals surface area (Å²) >= 11 is 1.57. The van der Waals surface area contributed by atoms with Gasteiger partial charge in [-0.05, 0) is 29.8 Å². The molecule has 3 aromatic rings. The number of hydrogen-bond acceptors (Lipinski definition) is 9. The van der Waals surface area contributed by atoms with E-state index in [0.29, 0.717) is 49.8 Å². The fraction of sp³-hybridized carbons (Fsp3) is 0.375. The Bertz CT molecular complexity index is 1270. The first-order chi connectivity index (χ1) is 16.9. The monoisotopic (exact) mass is 519 g/mol. The van der Waals surface area contributed by atoms with Crippen LogP contribution in [0.4, 0.5) is 5.13 Å². The maximum atomic E-state index is 13.3. The van der Waals surface area contributed by atoms with Crippen molar-refractivity contribution in [2.24, 2.45) is 0 Å². The maximum absolute atomic E-state index is 13.3. The molecule has 4 rings (SSSR count). The molecule has 1 fully saturated rings. The lowest BCUT2D eigenvalue weighted by Crippen LogP contribution is -2.48. The van der Waals surface area contributed by atoms with Crippen molar-refractivity contribution >= 4 is 26.5 Å². The molecular formula is C24H29N3O6S2. The topological polar surface area (TPSA) is 90.4 Å². The molecule has 1 aromatic heterocycles. The first kappa shape index (κ1) is 25.1. The Morgan fingerprint density at radius 2 is 1.57 bits per heavy atom. The maximum Gasteiger partial charge on any atom is 0.246 e. The van der Waals surface area contributed by atoms with Crippen molar-refractivity contribution in [1.29, 1.82) is 0 Å². The summed E-state index contributed by atoms with van der Waals surface area (Å²) in [5, 5.41) is 2.93. The number of aromatic nitrogens is 1. The Morgan fingerprint density at radius 3 is 2.23 bits per heavy atom.